The van der Waals surface area contributed by atoms with Gasteiger partial charge in [0.15, 0.2) is 5.69 Å². The zero-order valence-electron chi connectivity index (χ0n) is 22.3. The quantitative estimate of drug-likeness (QED) is 0.152. The molecule has 0 aliphatic heterocycles. The predicted octanol–water partition coefficient (Wildman–Crippen LogP) is 6.18. The molecule has 0 radical (unpaired) electrons. The molecule has 4 aromatic carbocycles. The van der Waals surface area contributed by atoms with Gasteiger partial charge in [0.2, 0.25) is 5.82 Å². The van der Waals surface area contributed by atoms with E-state index in [0.717, 1.165) is 27.3 Å². The highest BCUT2D eigenvalue weighted by Crippen LogP contribution is 2.36. The maximum absolute atomic E-state index is 13.8. The van der Waals surface area contributed by atoms with Gasteiger partial charge in [-0.05, 0) is 59.4 Å². The minimum absolute atomic E-state index is 0.0825. The molecular formula is C32H25ClFN5O3. The molecule has 8 nitrogen and oxygen atoms in total. The van der Waals surface area contributed by atoms with Crippen LogP contribution in [0.2, 0.25) is 5.02 Å². The zero-order valence-corrected chi connectivity index (χ0v) is 23.0. The second kappa shape index (κ2) is 11.9. The molecule has 0 bridgehead atoms. The number of hydrogen-bond acceptors (Lipinski definition) is 7. The number of aryl methyl sites for hydroxylation is 1. The summed E-state index contributed by atoms with van der Waals surface area (Å²) in [7, 11) is 0. The van der Waals surface area contributed by atoms with E-state index < -0.39 is 17.1 Å². The first-order valence-corrected chi connectivity index (χ1v) is 13.7. The van der Waals surface area contributed by atoms with Gasteiger partial charge in [-0.3, -0.25) is 9.84 Å². The summed E-state index contributed by atoms with van der Waals surface area (Å²) in [6, 6.07) is 34.9. The van der Waals surface area contributed by atoms with Gasteiger partial charge < -0.3 is 0 Å². The summed E-state index contributed by atoms with van der Waals surface area (Å²) < 4.78 is 24.9. The summed E-state index contributed by atoms with van der Waals surface area (Å²) >= 11 is 5.95. The summed E-state index contributed by atoms with van der Waals surface area (Å²) in [5.74, 6) is -1.30. The van der Waals surface area contributed by atoms with Crippen molar-refractivity contribution in [2.45, 2.75) is 18.4 Å². The fraction of sp³-hybridized carbons (Fsp3) is 0.125. The van der Waals surface area contributed by atoms with E-state index in [-0.39, 0.29) is 22.2 Å². The Hall–Kier alpha value is -4.86. The highest BCUT2D eigenvalue weighted by atomic mass is 35.5. The van der Waals surface area contributed by atoms with Crippen LogP contribution in [0.15, 0.2) is 123 Å². The predicted molar refractivity (Wildman–Crippen MR) is 156 cm³/mol. The van der Waals surface area contributed by atoms with Crippen LogP contribution in [0.3, 0.4) is 0 Å². The van der Waals surface area contributed by atoms with Crippen LogP contribution in [-0.2, 0) is 12.0 Å². The molecule has 2 heterocycles. The molecule has 6 aromatic rings. The monoisotopic (exact) mass is 581 g/mol. The van der Waals surface area contributed by atoms with E-state index in [1.807, 2.05) is 54.6 Å². The van der Waals surface area contributed by atoms with Crippen molar-refractivity contribution in [2.24, 2.45) is 0 Å². The van der Waals surface area contributed by atoms with Gasteiger partial charge in [0.1, 0.15) is 11.5 Å². The van der Waals surface area contributed by atoms with Crippen molar-refractivity contribution in [3.63, 3.8) is 0 Å². The molecule has 1 N–H and O–H groups in total. The van der Waals surface area contributed by atoms with Crippen molar-refractivity contribution in [3.05, 3.63) is 153 Å². The molecule has 210 valence electrons. The first kappa shape index (κ1) is 27.3. The molecule has 0 spiro atoms. The molecule has 42 heavy (non-hydrogen) atoms. The Kier molecular flexibility index (Phi) is 7.76. The van der Waals surface area contributed by atoms with Crippen LogP contribution in [0.25, 0.3) is 17.2 Å². The molecule has 10 heteroatoms. The minimum Gasteiger partial charge on any atom is -0.300 e. The van der Waals surface area contributed by atoms with Crippen LogP contribution >= 0.6 is 11.6 Å². The number of aromatic nitrogens is 4. The van der Waals surface area contributed by atoms with Crippen molar-refractivity contribution < 1.29 is 13.5 Å². The van der Waals surface area contributed by atoms with Crippen LogP contribution in [-0.4, -0.2) is 26.6 Å². The third-order valence-electron chi connectivity index (χ3n) is 7.14. The average Bonchev–Trinajstić information content (AvgIpc) is 3.66. The maximum Gasteiger partial charge on any atom is 0.446 e. The molecule has 0 saturated carbocycles. The highest BCUT2D eigenvalue weighted by Gasteiger charge is 2.35. The fourth-order valence-corrected chi connectivity index (χ4v) is 5.37. The molecule has 2 aromatic heterocycles. The maximum atomic E-state index is 13.8. The van der Waals surface area contributed by atoms with Crippen LogP contribution in [0.1, 0.15) is 28.8 Å². The van der Waals surface area contributed by atoms with Gasteiger partial charge in [-0.2, -0.15) is 0 Å². The number of halogens is 2. The van der Waals surface area contributed by atoms with Gasteiger partial charge in [0.25, 0.3) is 0 Å². The molecule has 0 unspecified atom stereocenters. The Morgan fingerprint density at radius 3 is 1.98 bits per heavy atom. The molecule has 0 aliphatic carbocycles. The van der Waals surface area contributed by atoms with Crippen molar-refractivity contribution in [3.8, 4) is 17.2 Å². The lowest BCUT2D eigenvalue weighted by molar-refractivity contribution is 0.303. The summed E-state index contributed by atoms with van der Waals surface area (Å²) in [5, 5.41) is 15.7. The Morgan fingerprint density at radius 1 is 0.810 bits per heavy atom. The first-order chi connectivity index (χ1) is 20.6. The lowest BCUT2D eigenvalue weighted by Crippen LogP contribution is -2.45. The number of nitrogens with zero attached hydrogens (tertiary/aromatic N) is 4. The number of benzene rings is 4. The average molecular weight is 582 g/mol. The van der Waals surface area contributed by atoms with Crippen LogP contribution < -0.4 is 11.1 Å². The van der Waals surface area contributed by atoms with Gasteiger partial charge in [0.05, 0.1) is 16.2 Å². The Bertz CT molecular complexity index is 1740. The molecule has 0 aliphatic rings. The lowest BCUT2D eigenvalue weighted by Gasteiger charge is -2.37. The minimum atomic E-state index is -0.776. The van der Waals surface area contributed by atoms with E-state index in [2.05, 4.69) is 57.2 Å². The van der Waals surface area contributed by atoms with E-state index in [1.165, 1.54) is 12.1 Å². The van der Waals surface area contributed by atoms with Gasteiger partial charge in [-0.15, -0.1) is 0 Å². The fourth-order valence-electron chi connectivity index (χ4n) is 5.19. The van der Waals surface area contributed by atoms with Gasteiger partial charge in [0, 0.05) is 0 Å². The van der Waals surface area contributed by atoms with Crippen molar-refractivity contribution in [1.82, 2.24) is 25.4 Å². The summed E-state index contributed by atoms with van der Waals surface area (Å²) in [6.45, 7) is 0.601. The van der Waals surface area contributed by atoms with E-state index in [4.69, 9.17) is 20.8 Å². The number of hydrogen-bond donors (Lipinski definition) is 1. The van der Waals surface area contributed by atoms with Crippen LogP contribution in [0, 0.1) is 5.82 Å². The second-order valence-corrected chi connectivity index (χ2v) is 10.1. The molecule has 0 fully saturated rings. The van der Waals surface area contributed by atoms with E-state index >= 15 is 0 Å². The second-order valence-electron chi connectivity index (χ2n) is 9.64. The Balaban J connectivity index is 1.28. The highest BCUT2D eigenvalue weighted by molar-refractivity contribution is 6.30. The normalized spacial score (nSPS) is 11.6. The third-order valence-corrected chi connectivity index (χ3v) is 7.42. The topological polar surface area (TPSA) is 99.0 Å². The first-order valence-electron chi connectivity index (χ1n) is 13.4. The zero-order chi connectivity index (χ0) is 28.9. The number of nitrogens with one attached hydrogen (secondary N) is 1. The van der Waals surface area contributed by atoms with Gasteiger partial charge >= 0.3 is 5.76 Å². The van der Waals surface area contributed by atoms with Crippen molar-refractivity contribution >= 4 is 11.6 Å². The van der Waals surface area contributed by atoms with Gasteiger partial charge in [-0.25, -0.2) is 18.4 Å². The van der Waals surface area contributed by atoms with E-state index in [1.54, 1.807) is 0 Å². The summed E-state index contributed by atoms with van der Waals surface area (Å²) in [6.07, 6.45) is 1.12. The molecule has 0 atom stereocenters. The molecular weight excluding hydrogens is 557 g/mol. The molecule has 6 rings (SSSR count). The standard InChI is InChI=1S/C32H25ClFN5O3/c33-26-21-25(18-19-27(26)34)39-30(38-41-31(39)40)29-28(36-42-37-29)17-10-20-35-32(22-11-4-1-5-12-22,23-13-6-2-7-14-23)24-15-8-3-9-16-24/h1-9,11-16,18-19,21,35H,10,17,20H2. The van der Waals surface area contributed by atoms with Crippen molar-refractivity contribution in [2.75, 3.05) is 6.54 Å². The smallest absolute Gasteiger partial charge is 0.300 e. The SMILES string of the molecule is O=c1onc(-c2nonc2CCCNC(c2ccccc2)(c2ccccc2)c2ccccc2)n1-c1ccc(F)c(Cl)c1. The number of rotatable bonds is 10. The Labute approximate surface area is 245 Å². The van der Waals surface area contributed by atoms with Crippen LogP contribution in [0.5, 0.6) is 0 Å². The third kappa shape index (κ3) is 5.15. The lowest BCUT2D eigenvalue weighted by atomic mass is 9.77. The Morgan fingerprint density at radius 2 is 1.40 bits per heavy atom. The van der Waals surface area contributed by atoms with E-state index in [9.17, 15) is 9.18 Å². The summed E-state index contributed by atoms with van der Waals surface area (Å²) in [5.41, 5.74) is 3.74. The van der Waals surface area contributed by atoms with Gasteiger partial charge in [-0.1, -0.05) is 113 Å². The molecule has 0 amide bonds. The summed E-state index contributed by atoms with van der Waals surface area (Å²) in [4.78, 5) is 12.5. The van der Waals surface area contributed by atoms with Crippen LogP contribution in [0.4, 0.5) is 4.39 Å². The largest absolute Gasteiger partial charge is 0.446 e. The van der Waals surface area contributed by atoms with E-state index in [0.29, 0.717) is 25.1 Å². The molecule has 0 saturated heterocycles. The van der Waals surface area contributed by atoms with Crippen molar-refractivity contribution in [1.29, 1.82) is 0 Å².